The monoisotopic (exact) mass is 1170 g/mol. The van der Waals surface area contributed by atoms with Crippen molar-refractivity contribution in [3.05, 3.63) is 279 Å². The zero-order valence-electron chi connectivity index (χ0n) is 47.6. The molecule has 0 N–H and O–H groups in total. The largest absolute Gasteiger partial charge is 0.455 e. The van der Waals surface area contributed by atoms with Crippen LogP contribution in [0.2, 0.25) is 0 Å². The molecule has 0 aliphatic carbocycles. The minimum Gasteiger partial charge on any atom is -0.455 e. The summed E-state index contributed by atoms with van der Waals surface area (Å²) in [6.07, 6.45) is 7.44. The molecule has 0 amide bonds. The molecule has 10 nitrogen and oxygen atoms in total. The number of rotatable bonds is 10. The molecule has 0 atom stereocenters. The van der Waals surface area contributed by atoms with Crippen LogP contribution in [0.3, 0.4) is 0 Å². The molecule has 88 heavy (non-hydrogen) atoms. The van der Waals surface area contributed by atoms with Crippen molar-refractivity contribution in [1.29, 1.82) is 0 Å². The topological polar surface area (TPSA) is 86.4 Å². The molecule has 0 saturated carbocycles. The molecule has 2 aliphatic rings. The van der Waals surface area contributed by atoms with Crippen molar-refractivity contribution >= 4 is 101 Å². The third kappa shape index (κ3) is 8.74. The predicted molar refractivity (Wildman–Crippen MR) is 357 cm³/mol. The van der Waals surface area contributed by atoms with Gasteiger partial charge in [0.2, 0.25) is 0 Å². The zero-order valence-corrected chi connectivity index (χ0v) is 49.2. The summed E-state index contributed by atoms with van der Waals surface area (Å²) >= 11 is 3.55. The molecule has 5 aromatic heterocycles. The van der Waals surface area contributed by atoms with Crippen LogP contribution in [0, 0.1) is 13.8 Å². The number of pyridine rings is 2. The standard InChI is InChI=1S/C76H50N8O2S2/c1-47-35-37-77-75(39-47)83-59-17-5-3-15-53(59)55-31-29-51(43-67(55)83)85-69-41-49(27-33-61(69)81-63-19-7-11-23-71(63)87-72-24-12-8-20-64(72)81)57-45-80-58(46-79-57)50-28-34-62(82-65-21-9-13-25-73(65)88-74-26-14-10-22-66(74)82)70(42-50)86-52-30-32-56-54-16-4-6-18-60(54)84(68(56)44-52)76-40-48(2)36-38-78-76/h3-46H,1-2H3. The van der Waals surface area contributed by atoms with E-state index >= 15 is 0 Å². The Kier molecular flexibility index (Phi) is 12.3. The van der Waals surface area contributed by atoms with Gasteiger partial charge in [0.05, 0.1) is 80.0 Å². The second-order valence-electron chi connectivity index (χ2n) is 22.0. The molecule has 0 saturated heterocycles. The number of benzene rings is 10. The quantitative estimate of drug-likeness (QED) is 0.132. The number of anilines is 6. The van der Waals surface area contributed by atoms with Gasteiger partial charge in [0.15, 0.2) is 11.5 Å². The predicted octanol–water partition coefficient (Wildman–Crippen LogP) is 20.9. The Morgan fingerprint density at radius 3 is 1.09 bits per heavy atom. The lowest BCUT2D eigenvalue weighted by Gasteiger charge is -2.34. The molecule has 0 unspecified atom stereocenters. The van der Waals surface area contributed by atoms with E-state index in [0.29, 0.717) is 34.4 Å². The number of ether oxygens (including phenoxy) is 2. The van der Waals surface area contributed by atoms with Gasteiger partial charge in [0, 0.05) is 76.8 Å². The minimum atomic E-state index is 0.654. The average Bonchev–Trinajstić information content (AvgIpc) is 1.60. The molecule has 2 aliphatic heterocycles. The van der Waals surface area contributed by atoms with Gasteiger partial charge in [-0.3, -0.25) is 19.1 Å². The van der Waals surface area contributed by atoms with Crippen LogP contribution in [0.1, 0.15) is 11.1 Å². The van der Waals surface area contributed by atoms with Crippen molar-refractivity contribution in [2.24, 2.45) is 0 Å². The fourth-order valence-corrected chi connectivity index (χ4v) is 14.6. The number of hydrogen-bond acceptors (Lipinski definition) is 10. The van der Waals surface area contributed by atoms with Crippen LogP contribution in [0.15, 0.2) is 287 Å². The van der Waals surface area contributed by atoms with Crippen molar-refractivity contribution in [1.82, 2.24) is 29.1 Å². The maximum absolute atomic E-state index is 7.25. The summed E-state index contributed by atoms with van der Waals surface area (Å²) in [6.45, 7) is 4.20. The minimum absolute atomic E-state index is 0.654. The number of aryl methyl sites for hydroxylation is 2. The van der Waals surface area contributed by atoms with Gasteiger partial charge in [-0.25, -0.2) is 9.97 Å². The number of hydrogen-bond donors (Lipinski definition) is 0. The third-order valence-electron chi connectivity index (χ3n) is 16.5. The second-order valence-corrected chi connectivity index (χ2v) is 24.2. The van der Waals surface area contributed by atoms with E-state index in [0.717, 1.165) is 131 Å². The molecule has 7 heterocycles. The first-order chi connectivity index (χ1) is 43.4. The van der Waals surface area contributed by atoms with Crippen LogP contribution in [-0.2, 0) is 0 Å². The summed E-state index contributed by atoms with van der Waals surface area (Å²) in [7, 11) is 0. The fraction of sp³-hybridized carbons (Fsp3) is 0.0263. The highest BCUT2D eigenvalue weighted by Crippen LogP contribution is 2.56. The highest BCUT2D eigenvalue weighted by molar-refractivity contribution is 8.00. The van der Waals surface area contributed by atoms with Gasteiger partial charge >= 0.3 is 0 Å². The van der Waals surface area contributed by atoms with E-state index in [9.17, 15) is 0 Å². The Hall–Kier alpha value is -10.9. The average molecular weight is 1170 g/mol. The summed E-state index contributed by atoms with van der Waals surface area (Å²) in [5.74, 6) is 4.36. The highest BCUT2D eigenvalue weighted by Gasteiger charge is 2.30. The number of para-hydroxylation sites is 6. The fourth-order valence-electron chi connectivity index (χ4n) is 12.5. The van der Waals surface area contributed by atoms with Gasteiger partial charge in [-0.05, 0) is 158 Å². The molecule has 12 heteroatoms. The number of nitrogens with zero attached hydrogens (tertiary/aromatic N) is 8. The van der Waals surface area contributed by atoms with Crippen molar-refractivity contribution in [2.45, 2.75) is 33.4 Å². The zero-order chi connectivity index (χ0) is 58.4. The molecule has 10 aromatic carbocycles. The van der Waals surface area contributed by atoms with Crippen molar-refractivity contribution in [3.8, 4) is 57.1 Å². The van der Waals surface area contributed by atoms with E-state index in [4.69, 9.17) is 29.4 Å². The van der Waals surface area contributed by atoms with E-state index in [1.54, 1.807) is 23.5 Å². The summed E-state index contributed by atoms with van der Waals surface area (Å²) in [5, 5.41) is 4.50. The van der Waals surface area contributed by atoms with E-state index < -0.39 is 0 Å². The smallest absolute Gasteiger partial charge is 0.152 e. The van der Waals surface area contributed by atoms with Gasteiger partial charge < -0.3 is 19.3 Å². The van der Waals surface area contributed by atoms with Gasteiger partial charge in [-0.15, -0.1) is 0 Å². The molecular weight excluding hydrogens is 1120 g/mol. The number of fused-ring (bicyclic) bond motifs is 10. The summed E-state index contributed by atoms with van der Waals surface area (Å²) in [4.78, 5) is 29.3. The third-order valence-corrected chi connectivity index (χ3v) is 18.8. The van der Waals surface area contributed by atoms with Gasteiger partial charge in [-0.1, -0.05) is 121 Å². The molecule has 0 radical (unpaired) electrons. The maximum atomic E-state index is 7.25. The normalized spacial score (nSPS) is 12.5. The Bertz CT molecular complexity index is 4890. The highest BCUT2D eigenvalue weighted by atomic mass is 32.2. The van der Waals surface area contributed by atoms with E-state index in [2.05, 4.69) is 263 Å². The summed E-state index contributed by atoms with van der Waals surface area (Å²) < 4.78 is 19.0. The SMILES string of the molecule is Cc1ccnc(-n2c3ccccc3c3ccc(Oc4cc(-c5cnc(-c6ccc(N7c8ccccc8Sc8ccccc87)c(Oc7ccc8c9ccccc9n(-c9cc(C)ccn9)c8c7)c6)cn5)ccc4N4c5ccccc5Sc5ccccc54)cc32)c1. The first-order valence-electron chi connectivity index (χ1n) is 29.1. The Balaban J connectivity index is 0.783. The molecule has 0 bridgehead atoms. The van der Waals surface area contributed by atoms with Crippen LogP contribution in [0.25, 0.3) is 77.8 Å². The molecular formula is C76H50N8O2S2. The van der Waals surface area contributed by atoms with Crippen LogP contribution in [0.4, 0.5) is 34.1 Å². The van der Waals surface area contributed by atoms with E-state index in [-0.39, 0.29) is 0 Å². The van der Waals surface area contributed by atoms with E-state index in [1.807, 2.05) is 36.9 Å². The molecule has 0 spiro atoms. The van der Waals surface area contributed by atoms with Crippen LogP contribution >= 0.6 is 23.5 Å². The summed E-state index contributed by atoms with van der Waals surface area (Å²) in [5.41, 5.74) is 15.5. The summed E-state index contributed by atoms with van der Waals surface area (Å²) in [6, 6.07) is 84.8. The lowest BCUT2D eigenvalue weighted by atomic mass is 10.1. The second kappa shape index (κ2) is 20.9. The molecule has 418 valence electrons. The van der Waals surface area contributed by atoms with Crippen molar-refractivity contribution < 1.29 is 9.47 Å². The molecule has 0 fully saturated rings. The van der Waals surface area contributed by atoms with Gasteiger partial charge in [0.1, 0.15) is 23.1 Å². The van der Waals surface area contributed by atoms with E-state index in [1.165, 1.54) is 0 Å². The lowest BCUT2D eigenvalue weighted by Crippen LogP contribution is -2.15. The Morgan fingerprint density at radius 2 is 0.693 bits per heavy atom. The molecule has 15 aromatic rings. The first-order valence-corrected chi connectivity index (χ1v) is 30.8. The number of aromatic nitrogens is 6. The van der Waals surface area contributed by atoms with Crippen LogP contribution in [0.5, 0.6) is 23.0 Å². The maximum Gasteiger partial charge on any atom is 0.152 e. The van der Waals surface area contributed by atoms with Gasteiger partial charge in [-0.2, -0.15) is 0 Å². The Morgan fingerprint density at radius 1 is 0.318 bits per heavy atom. The van der Waals surface area contributed by atoms with Crippen LogP contribution < -0.4 is 19.3 Å². The Labute approximate surface area is 515 Å². The molecule has 17 rings (SSSR count). The van der Waals surface area contributed by atoms with Crippen LogP contribution in [-0.4, -0.2) is 29.1 Å². The first kappa shape index (κ1) is 51.5. The van der Waals surface area contributed by atoms with Crippen molar-refractivity contribution in [2.75, 3.05) is 9.80 Å². The van der Waals surface area contributed by atoms with Gasteiger partial charge in [0.25, 0.3) is 0 Å². The lowest BCUT2D eigenvalue weighted by molar-refractivity contribution is 0.484. The van der Waals surface area contributed by atoms with Crippen molar-refractivity contribution in [3.63, 3.8) is 0 Å².